The Bertz CT molecular complexity index is 1280. The topological polar surface area (TPSA) is 37.0 Å². The Labute approximate surface area is 217 Å². The molecule has 3 aliphatic rings. The van der Waals surface area contributed by atoms with Crippen molar-refractivity contribution in [2.45, 2.75) is 37.8 Å². The predicted molar refractivity (Wildman–Crippen MR) is 137 cm³/mol. The maximum absolute atomic E-state index is 13.1. The number of para-hydroxylation sites is 1. The molecule has 3 heterocycles. The van der Waals surface area contributed by atoms with Gasteiger partial charge in [-0.2, -0.15) is 13.8 Å². The molecule has 3 aromatic carbocycles. The summed E-state index contributed by atoms with van der Waals surface area (Å²) < 4.78 is 38.7. The second kappa shape index (κ2) is 9.50. The molecule has 8 heteroatoms. The Kier molecular flexibility index (Phi) is 6.19. The number of rotatable bonds is 5. The number of hydrogen-bond donors (Lipinski definition) is 1. The maximum Gasteiger partial charge on any atom is 0.387 e. The lowest BCUT2D eigenvalue weighted by molar-refractivity contribution is -0.160. The fourth-order valence-electron chi connectivity index (χ4n) is 5.43. The van der Waals surface area contributed by atoms with Gasteiger partial charge in [0.1, 0.15) is 11.5 Å². The molecule has 36 heavy (non-hydrogen) atoms. The number of ether oxygens (including phenoxy) is 2. The number of nitrogens with zero attached hydrogens (tertiary/aromatic N) is 2. The summed E-state index contributed by atoms with van der Waals surface area (Å²) in [5, 5.41) is 2.16. The van der Waals surface area contributed by atoms with Crippen molar-refractivity contribution in [1.82, 2.24) is 15.3 Å². The van der Waals surface area contributed by atoms with E-state index in [-0.39, 0.29) is 11.8 Å². The third-order valence-electron chi connectivity index (χ3n) is 7.15. The van der Waals surface area contributed by atoms with Crippen LogP contribution in [0.25, 0.3) is 5.70 Å². The molecule has 0 unspecified atom stereocenters. The van der Waals surface area contributed by atoms with E-state index in [4.69, 9.17) is 9.47 Å². The Balaban J connectivity index is 1.31. The summed E-state index contributed by atoms with van der Waals surface area (Å²) in [5.41, 5.74) is 6.61. The second-order valence-corrected chi connectivity index (χ2v) is 10.3. The summed E-state index contributed by atoms with van der Waals surface area (Å²) in [6, 6.07) is 23.3. The fraction of sp³-hybridized carbons (Fsp3) is 0.286. The third-order valence-corrected chi connectivity index (χ3v) is 7.65. The van der Waals surface area contributed by atoms with Gasteiger partial charge in [0, 0.05) is 48.1 Å². The van der Waals surface area contributed by atoms with Crippen LogP contribution in [0, 0.1) is 0 Å². The highest BCUT2D eigenvalue weighted by atomic mass is 79.9. The SMILES string of the molecule is FC(F)Oc1ccccc1C1=C[C@@H]2c3cc(Br)ccc3OC3(CCN(Cc4ccccc4)CC3)N2N1. The summed E-state index contributed by atoms with van der Waals surface area (Å²) in [7, 11) is 0. The van der Waals surface area contributed by atoms with Gasteiger partial charge in [-0.3, -0.25) is 4.90 Å². The molecule has 1 spiro atoms. The van der Waals surface area contributed by atoms with E-state index in [1.165, 1.54) is 5.56 Å². The highest BCUT2D eigenvalue weighted by Crippen LogP contribution is 2.49. The molecule has 3 aromatic rings. The molecule has 1 atom stereocenters. The minimum atomic E-state index is -2.89. The summed E-state index contributed by atoms with van der Waals surface area (Å²) >= 11 is 3.59. The van der Waals surface area contributed by atoms with Gasteiger partial charge in [-0.15, -0.1) is 0 Å². The van der Waals surface area contributed by atoms with Gasteiger partial charge in [-0.1, -0.05) is 58.4 Å². The van der Waals surface area contributed by atoms with Crippen molar-refractivity contribution in [2.24, 2.45) is 0 Å². The van der Waals surface area contributed by atoms with E-state index >= 15 is 0 Å². The van der Waals surface area contributed by atoms with Gasteiger partial charge in [0.15, 0.2) is 5.72 Å². The maximum atomic E-state index is 13.1. The first-order valence-corrected chi connectivity index (χ1v) is 12.9. The fourth-order valence-corrected chi connectivity index (χ4v) is 5.81. The molecule has 6 rings (SSSR count). The molecule has 0 radical (unpaired) electrons. The number of alkyl halides is 2. The molecule has 5 nitrogen and oxygen atoms in total. The number of nitrogens with one attached hydrogen (secondary N) is 1. The van der Waals surface area contributed by atoms with Gasteiger partial charge in [-0.25, -0.2) is 0 Å². The van der Waals surface area contributed by atoms with Crippen molar-refractivity contribution in [1.29, 1.82) is 0 Å². The summed E-state index contributed by atoms with van der Waals surface area (Å²) in [6.07, 6.45) is 3.68. The largest absolute Gasteiger partial charge is 0.470 e. The Morgan fingerprint density at radius 1 is 1.03 bits per heavy atom. The molecule has 0 saturated carbocycles. The molecule has 0 bridgehead atoms. The highest BCUT2D eigenvalue weighted by Gasteiger charge is 2.51. The van der Waals surface area contributed by atoms with Crippen LogP contribution in [0.15, 0.2) is 83.3 Å². The Hall–Kier alpha value is -2.94. The van der Waals surface area contributed by atoms with Gasteiger partial charge in [-0.05, 0) is 42.0 Å². The summed E-state index contributed by atoms with van der Waals surface area (Å²) in [5.74, 6) is 1.00. The van der Waals surface area contributed by atoms with Gasteiger partial charge in [0.05, 0.1) is 11.7 Å². The van der Waals surface area contributed by atoms with Gasteiger partial charge < -0.3 is 14.9 Å². The number of piperidine rings is 1. The van der Waals surface area contributed by atoms with Crippen LogP contribution in [0.1, 0.15) is 35.6 Å². The van der Waals surface area contributed by atoms with Crippen molar-refractivity contribution < 1.29 is 18.3 Å². The molecule has 186 valence electrons. The predicted octanol–water partition coefficient (Wildman–Crippen LogP) is 6.34. The van der Waals surface area contributed by atoms with Crippen molar-refractivity contribution >= 4 is 21.6 Å². The first-order valence-electron chi connectivity index (χ1n) is 12.1. The van der Waals surface area contributed by atoms with Crippen LogP contribution in [0.4, 0.5) is 8.78 Å². The van der Waals surface area contributed by atoms with Crippen LogP contribution in [0.3, 0.4) is 0 Å². The minimum Gasteiger partial charge on any atom is -0.470 e. The Morgan fingerprint density at radius 3 is 2.56 bits per heavy atom. The van der Waals surface area contributed by atoms with Crippen molar-refractivity contribution in [3.63, 3.8) is 0 Å². The van der Waals surface area contributed by atoms with Crippen LogP contribution < -0.4 is 14.9 Å². The monoisotopic (exact) mass is 553 g/mol. The zero-order valence-corrected chi connectivity index (χ0v) is 21.1. The van der Waals surface area contributed by atoms with E-state index in [0.717, 1.165) is 54.0 Å². The van der Waals surface area contributed by atoms with E-state index in [0.29, 0.717) is 5.56 Å². The first-order chi connectivity index (χ1) is 17.5. The number of hydrazine groups is 1. The van der Waals surface area contributed by atoms with E-state index in [2.05, 4.69) is 67.7 Å². The van der Waals surface area contributed by atoms with E-state index in [1.54, 1.807) is 18.2 Å². The minimum absolute atomic E-state index is 0.110. The zero-order chi connectivity index (χ0) is 24.7. The van der Waals surface area contributed by atoms with E-state index in [1.807, 2.05) is 24.3 Å². The normalized spacial score (nSPS) is 20.9. The van der Waals surface area contributed by atoms with Crippen LogP contribution in [0.5, 0.6) is 11.5 Å². The lowest BCUT2D eigenvalue weighted by Crippen LogP contribution is -2.63. The number of hydrogen-bond acceptors (Lipinski definition) is 5. The average Bonchev–Trinajstić information content (AvgIpc) is 3.34. The summed E-state index contributed by atoms with van der Waals surface area (Å²) in [6.45, 7) is -0.229. The van der Waals surface area contributed by atoms with Crippen LogP contribution in [-0.2, 0) is 6.54 Å². The molecule has 1 fully saturated rings. The van der Waals surface area contributed by atoms with Gasteiger partial charge in [0.25, 0.3) is 0 Å². The molecule has 0 aromatic heterocycles. The molecule has 0 amide bonds. The van der Waals surface area contributed by atoms with Crippen molar-refractivity contribution in [2.75, 3.05) is 13.1 Å². The number of fused-ring (bicyclic) bond motifs is 4. The first kappa shape index (κ1) is 23.5. The molecular formula is C28H26BrF2N3O2. The molecular weight excluding hydrogens is 528 g/mol. The third kappa shape index (κ3) is 4.38. The summed E-state index contributed by atoms with van der Waals surface area (Å²) in [4.78, 5) is 2.45. The second-order valence-electron chi connectivity index (χ2n) is 9.37. The van der Waals surface area contributed by atoms with Crippen LogP contribution in [-0.4, -0.2) is 35.3 Å². The average molecular weight is 554 g/mol. The quantitative estimate of drug-likeness (QED) is 0.399. The standard InChI is InChI=1S/C28H26BrF2N3O2/c29-20-10-11-26-22(16-20)24-17-23(21-8-4-5-9-25(21)35-27(30)31)32-34(24)28(36-26)12-14-33(15-13-28)18-19-6-2-1-3-7-19/h1-11,16-17,24,27,32H,12-15,18H2/t24-/m1/s1. The molecule has 3 aliphatic heterocycles. The number of benzene rings is 3. The highest BCUT2D eigenvalue weighted by molar-refractivity contribution is 9.10. The van der Waals surface area contributed by atoms with E-state index in [9.17, 15) is 8.78 Å². The van der Waals surface area contributed by atoms with Gasteiger partial charge >= 0.3 is 6.61 Å². The lowest BCUT2D eigenvalue weighted by Gasteiger charge is -2.51. The zero-order valence-electron chi connectivity index (χ0n) is 19.5. The number of likely N-dealkylation sites (tertiary alicyclic amines) is 1. The molecule has 1 saturated heterocycles. The smallest absolute Gasteiger partial charge is 0.387 e. The van der Waals surface area contributed by atoms with Crippen LogP contribution >= 0.6 is 15.9 Å². The lowest BCUT2D eigenvalue weighted by atomic mass is 9.92. The van der Waals surface area contributed by atoms with Crippen LogP contribution in [0.2, 0.25) is 0 Å². The van der Waals surface area contributed by atoms with Gasteiger partial charge in [0.2, 0.25) is 0 Å². The Morgan fingerprint density at radius 2 is 1.78 bits per heavy atom. The molecule has 1 N–H and O–H groups in total. The van der Waals surface area contributed by atoms with Crippen molar-refractivity contribution in [3.8, 4) is 11.5 Å². The molecule has 0 aliphatic carbocycles. The number of halogens is 3. The van der Waals surface area contributed by atoms with Crippen molar-refractivity contribution in [3.05, 3.63) is 100 Å². The van der Waals surface area contributed by atoms with E-state index < -0.39 is 12.3 Å².